The van der Waals surface area contributed by atoms with Crippen LogP contribution in [-0.2, 0) is 20.1 Å². The molecule has 5 nitrogen and oxygen atoms in total. The summed E-state index contributed by atoms with van der Waals surface area (Å²) in [6.07, 6.45) is 9.16. The van der Waals surface area contributed by atoms with Crippen LogP contribution in [0.1, 0.15) is 52.0 Å². The van der Waals surface area contributed by atoms with Crippen LogP contribution in [0.4, 0.5) is 0 Å². The number of benzene rings is 1. The highest BCUT2D eigenvalue weighted by Crippen LogP contribution is 2.42. The van der Waals surface area contributed by atoms with Crippen molar-refractivity contribution in [1.29, 1.82) is 0 Å². The van der Waals surface area contributed by atoms with Crippen molar-refractivity contribution in [2.75, 3.05) is 7.11 Å². The maximum Gasteiger partial charge on any atom is 0.336 e. The molecule has 1 aromatic rings. The number of aromatic hydroxyl groups is 2. The van der Waals surface area contributed by atoms with E-state index >= 15 is 0 Å². The molecular weight excluding hydrogens is 344 g/mol. The van der Waals surface area contributed by atoms with Gasteiger partial charge in [0.25, 0.3) is 5.79 Å². The summed E-state index contributed by atoms with van der Waals surface area (Å²) >= 11 is 0. The minimum Gasteiger partial charge on any atom is -0.508 e. The monoisotopic (exact) mass is 372 g/mol. The van der Waals surface area contributed by atoms with Gasteiger partial charge in [-0.3, -0.25) is 0 Å². The van der Waals surface area contributed by atoms with Crippen molar-refractivity contribution in [3.05, 3.63) is 58.7 Å². The fourth-order valence-corrected chi connectivity index (χ4v) is 3.01. The van der Waals surface area contributed by atoms with Gasteiger partial charge in [0.15, 0.2) is 0 Å². The van der Waals surface area contributed by atoms with E-state index in [4.69, 9.17) is 9.47 Å². The van der Waals surface area contributed by atoms with Crippen LogP contribution in [0.15, 0.2) is 53.1 Å². The van der Waals surface area contributed by atoms with Crippen molar-refractivity contribution >= 4 is 5.97 Å². The summed E-state index contributed by atoms with van der Waals surface area (Å²) in [4.78, 5) is 12.3. The molecular formula is C22H28O5. The zero-order valence-corrected chi connectivity index (χ0v) is 16.4. The van der Waals surface area contributed by atoms with Crippen molar-refractivity contribution in [2.24, 2.45) is 0 Å². The van der Waals surface area contributed by atoms with Crippen LogP contribution >= 0.6 is 0 Å². The third-order valence-electron chi connectivity index (χ3n) is 4.53. The van der Waals surface area contributed by atoms with Crippen LogP contribution in [0.5, 0.6) is 11.5 Å². The Morgan fingerprint density at radius 2 is 1.93 bits per heavy atom. The number of hydrogen-bond donors (Lipinski definition) is 2. The Morgan fingerprint density at radius 1 is 1.19 bits per heavy atom. The van der Waals surface area contributed by atoms with Crippen LogP contribution < -0.4 is 0 Å². The maximum atomic E-state index is 12.3. The minimum absolute atomic E-state index is 0.0490. The first-order valence-corrected chi connectivity index (χ1v) is 9.09. The molecule has 1 heterocycles. The van der Waals surface area contributed by atoms with Gasteiger partial charge in [0.05, 0.1) is 5.56 Å². The summed E-state index contributed by atoms with van der Waals surface area (Å²) < 4.78 is 10.8. The lowest BCUT2D eigenvalue weighted by molar-refractivity contribution is -0.193. The smallest absolute Gasteiger partial charge is 0.336 e. The summed E-state index contributed by atoms with van der Waals surface area (Å²) in [6, 6.07) is 4.02. The Kier molecular flexibility index (Phi) is 6.86. The number of esters is 1. The number of phenols is 2. The van der Waals surface area contributed by atoms with Gasteiger partial charge in [-0.05, 0) is 64.7 Å². The Labute approximate surface area is 160 Å². The van der Waals surface area contributed by atoms with Crippen molar-refractivity contribution in [3.8, 4) is 11.5 Å². The molecule has 0 aromatic heterocycles. The van der Waals surface area contributed by atoms with Crippen LogP contribution in [-0.4, -0.2) is 23.3 Å². The quantitative estimate of drug-likeness (QED) is 0.387. The number of rotatable bonds is 8. The lowest BCUT2D eigenvalue weighted by Crippen LogP contribution is -2.27. The summed E-state index contributed by atoms with van der Waals surface area (Å²) in [5, 5.41) is 19.8. The fourth-order valence-electron chi connectivity index (χ4n) is 3.01. The molecule has 2 rings (SSSR count). The van der Waals surface area contributed by atoms with Crippen LogP contribution in [0, 0.1) is 0 Å². The first-order valence-electron chi connectivity index (χ1n) is 9.09. The zero-order valence-electron chi connectivity index (χ0n) is 16.4. The predicted molar refractivity (Wildman–Crippen MR) is 104 cm³/mol. The maximum absolute atomic E-state index is 12.3. The summed E-state index contributed by atoms with van der Waals surface area (Å²) in [7, 11) is 1.39. The van der Waals surface area contributed by atoms with Crippen molar-refractivity contribution < 1.29 is 24.5 Å². The molecule has 0 bridgehead atoms. The second-order valence-electron chi connectivity index (χ2n) is 7.04. The van der Waals surface area contributed by atoms with Crippen LogP contribution in [0.25, 0.3) is 0 Å². The molecule has 1 atom stereocenters. The summed E-state index contributed by atoms with van der Waals surface area (Å²) in [5.74, 6) is -2.16. The average Bonchev–Trinajstić information content (AvgIpc) is 2.94. The molecule has 1 aliphatic rings. The fraction of sp³-hybridized carbons (Fsp3) is 0.409. The first-order chi connectivity index (χ1) is 12.8. The summed E-state index contributed by atoms with van der Waals surface area (Å²) in [5.41, 5.74) is 3.28. The number of allylic oxidation sites excluding steroid dienone is 4. The molecule has 0 radical (unpaired) electrons. The molecule has 0 saturated carbocycles. The van der Waals surface area contributed by atoms with E-state index in [9.17, 15) is 15.0 Å². The second-order valence-corrected chi connectivity index (χ2v) is 7.04. The van der Waals surface area contributed by atoms with Gasteiger partial charge in [-0.15, -0.1) is 0 Å². The van der Waals surface area contributed by atoms with E-state index in [1.165, 1.54) is 36.5 Å². The molecule has 27 heavy (non-hydrogen) atoms. The number of cyclic esters (lactones) is 1. The molecule has 1 aromatic carbocycles. The first kappa shape index (κ1) is 20.8. The largest absolute Gasteiger partial charge is 0.508 e. The highest BCUT2D eigenvalue weighted by Gasteiger charge is 2.43. The number of carbonyl (C=O) groups excluding carboxylic acids is 1. The normalized spacial score (nSPS) is 19.6. The molecule has 0 spiro atoms. The van der Waals surface area contributed by atoms with E-state index in [0.717, 1.165) is 12.8 Å². The van der Waals surface area contributed by atoms with Gasteiger partial charge in [-0.25, -0.2) is 4.79 Å². The van der Waals surface area contributed by atoms with Gasteiger partial charge in [-0.1, -0.05) is 23.3 Å². The second kappa shape index (κ2) is 8.91. The molecule has 0 amide bonds. The van der Waals surface area contributed by atoms with Gasteiger partial charge < -0.3 is 19.7 Å². The topological polar surface area (TPSA) is 76.0 Å². The Morgan fingerprint density at radius 3 is 2.59 bits per heavy atom. The summed E-state index contributed by atoms with van der Waals surface area (Å²) in [6.45, 7) is 6.26. The Hall–Kier alpha value is -2.53. The van der Waals surface area contributed by atoms with Crippen molar-refractivity contribution in [2.45, 2.75) is 52.2 Å². The molecule has 5 heteroatoms. The van der Waals surface area contributed by atoms with E-state index in [1.807, 2.05) is 0 Å². The molecule has 1 aliphatic heterocycles. The standard InChI is InChI=1S/C22H28O5/c1-15(2)7-5-8-16(3)9-6-10-17-14-22(26-4,27-21(17)25)19-13-18(23)11-12-20(19)24/h7,9,11-14,23-24H,5-6,8,10H2,1-4H3/t22-/m0/s1. The number of hydrogen-bond acceptors (Lipinski definition) is 5. The van der Waals surface area contributed by atoms with E-state index in [2.05, 4.69) is 32.9 Å². The van der Waals surface area contributed by atoms with E-state index in [1.54, 1.807) is 6.08 Å². The van der Waals surface area contributed by atoms with Gasteiger partial charge >= 0.3 is 5.97 Å². The lowest BCUT2D eigenvalue weighted by atomic mass is 10.0. The van der Waals surface area contributed by atoms with Gasteiger partial charge in [-0.2, -0.15) is 0 Å². The van der Waals surface area contributed by atoms with E-state index < -0.39 is 11.8 Å². The molecule has 146 valence electrons. The highest BCUT2D eigenvalue weighted by molar-refractivity contribution is 5.91. The lowest BCUT2D eigenvalue weighted by Gasteiger charge is -2.25. The molecule has 0 aliphatic carbocycles. The zero-order chi connectivity index (χ0) is 20.0. The molecule has 0 saturated heterocycles. The number of ether oxygens (including phenoxy) is 2. The van der Waals surface area contributed by atoms with Crippen molar-refractivity contribution in [3.63, 3.8) is 0 Å². The average molecular weight is 372 g/mol. The van der Waals surface area contributed by atoms with Crippen LogP contribution in [0.3, 0.4) is 0 Å². The third kappa shape index (κ3) is 5.23. The predicted octanol–water partition coefficient (Wildman–Crippen LogP) is 4.85. The van der Waals surface area contributed by atoms with Gasteiger partial charge in [0.2, 0.25) is 0 Å². The Bertz CT molecular complexity index is 784. The van der Waals surface area contributed by atoms with Gasteiger partial charge in [0, 0.05) is 18.8 Å². The minimum atomic E-state index is -1.52. The number of phenolic OH excluding ortho intramolecular Hbond substituents is 2. The number of carbonyl (C=O) groups is 1. The van der Waals surface area contributed by atoms with E-state index in [-0.39, 0.29) is 17.1 Å². The van der Waals surface area contributed by atoms with Gasteiger partial charge in [0.1, 0.15) is 11.5 Å². The van der Waals surface area contributed by atoms with Crippen molar-refractivity contribution in [1.82, 2.24) is 0 Å². The van der Waals surface area contributed by atoms with E-state index in [0.29, 0.717) is 18.4 Å². The SMILES string of the molecule is CO[C@@]1(c2cc(O)ccc2O)C=C(CCC=C(C)CCC=C(C)C)C(=O)O1. The van der Waals surface area contributed by atoms with Crippen LogP contribution in [0.2, 0.25) is 0 Å². The molecule has 0 unspecified atom stereocenters. The highest BCUT2D eigenvalue weighted by atomic mass is 16.7. The Balaban J connectivity index is 2.10. The number of methoxy groups -OCH3 is 1. The molecule has 0 fully saturated rings. The molecule has 2 N–H and O–H groups in total. The third-order valence-corrected chi connectivity index (χ3v) is 4.53.